The van der Waals surface area contributed by atoms with Gasteiger partial charge in [0.1, 0.15) is 5.54 Å². The van der Waals surface area contributed by atoms with E-state index in [0.717, 1.165) is 38.8 Å². The molecule has 1 fully saturated rings. The zero-order valence-electron chi connectivity index (χ0n) is 11.2. The maximum atomic E-state index is 11.5. The van der Waals surface area contributed by atoms with Gasteiger partial charge < -0.3 is 15.3 Å². The highest BCUT2D eigenvalue weighted by molar-refractivity contribution is 5.78. The zero-order chi connectivity index (χ0) is 12.7. The topological polar surface area (TPSA) is 52.6 Å². The van der Waals surface area contributed by atoms with E-state index in [1.165, 1.54) is 19.3 Å². The minimum atomic E-state index is -0.670. The molecular weight excluding hydrogens is 216 g/mol. The van der Waals surface area contributed by atoms with Crippen LogP contribution in [0.4, 0.5) is 0 Å². The molecule has 0 atom stereocenters. The van der Waals surface area contributed by atoms with Crippen molar-refractivity contribution in [3.05, 3.63) is 0 Å². The Kier molecular flexibility index (Phi) is 5.92. The van der Waals surface area contributed by atoms with Crippen LogP contribution in [0.3, 0.4) is 0 Å². The Morgan fingerprint density at radius 3 is 2.18 bits per heavy atom. The van der Waals surface area contributed by atoms with E-state index in [-0.39, 0.29) is 0 Å². The number of carboxylic acid groups (broad SMARTS) is 1. The van der Waals surface area contributed by atoms with Crippen molar-refractivity contribution in [2.45, 2.75) is 50.5 Å². The normalized spacial score (nSPS) is 20.9. The fraction of sp³-hybridized carbons (Fsp3) is 0.923. The first kappa shape index (κ1) is 14.5. The smallest absolute Gasteiger partial charge is 0.323 e. The van der Waals surface area contributed by atoms with E-state index in [1.807, 2.05) is 14.1 Å². The van der Waals surface area contributed by atoms with E-state index in [9.17, 15) is 9.90 Å². The van der Waals surface area contributed by atoms with Crippen molar-refractivity contribution in [1.29, 1.82) is 0 Å². The summed E-state index contributed by atoms with van der Waals surface area (Å²) in [5, 5.41) is 12.8. The van der Waals surface area contributed by atoms with Gasteiger partial charge in [-0.15, -0.1) is 0 Å². The summed E-state index contributed by atoms with van der Waals surface area (Å²) in [6, 6.07) is 0. The molecule has 17 heavy (non-hydrogen) atoms. The Labute approximate surface area is 104 Å². The molecule has 100 valence electrons. The van der Waals surface area contributed by atoms with Crippen LogP contribution in [0.15, 0.2) is 0 Å². The van der Waals surface area contributed by atoms with Crippen molar-refractivity contribution in [3.63, 3.8) is 0 Å². The van der Waals surface area contributed by atoms with E-state index in [2.05, 4.69) is 10.2 Å². The molecule has 0 amide bonds. The maximum absolute atomic E-state index is 11.5. The third-order valence-corrected chi connectivity index (χ3v) is 3.64. The van der Waals surface area contributed by atoms with Gasteiger partial charge in [0.25, 0.3) is 0 Å². The van der Waals surface area contributed by atoms with Gasteiger partial charge in [-0.25, -0.2) is 0 Å². The van der Waals surface area contributed by atoms with Crippen molar-refractivity contribution >= 4 is 5.97 Å². The maximum Gasteiger partial charge on any atom is 0.323 e. The third kappa shape index (κ3) is 4.64. The number of rotatable bonds is 5. The Bertz CT molecular complexity index is 234. The number of hydrogen-bond donors (Lipinski definition) is 2. The molecule has 0 heterocycles. The lowest BCUT2D eigenvalue weighted by atomic mass is 9.84. The molecule has 4 nitrogen and oxygen atoms in total. The van der Waals surface area contributed by atoms with Gasteiger partial charge >= 0.3 is 5.97 Å². The highest BCUT2D eigenvalue weighted by Gasteiger charge is 2.37. The zero-order valence-corrected chi connectivity index (χ0v) is 11.2. The molecule has 0 aromatic heterocycles. The lowest BCUT2D eigenvalue weighted by molar-refractivity contribution is -0.146. The second-order valence-corrected chi connectivity index (χ2v) is 5.39. The van der Waals surface area contributed by atoms with Crippen molar-refractivity contribution in [2.75, 3.05) is 27.2 Å². The Hall–Kier alpha value is -0.610. The SMILES string of the molecule is CN(C)CCNC1(C(=O)O)CCCCCCC1. The molecule has 4 heteroatoms. The molecule has 0 bridgehead atoms. The highest BCUT2D eigenvalue weighted by atomic mass is 16.4. The fourth-order valence-electron chi connectivity index (χ4n) is 2.49. The van der Waals surface area contributed by atoms with Crippen LogP contribution in [0.25, 0.3) is 0 Å². The minimum absolute atomic E-state index is 0.668. The van der Waals surface area contributed by atoms with Crippen molar-refractivity contribution < 1.29 is 9.90 Å². The van der Waals surface area contributed by atoms with E-state index < -0.39 is 11.5 Å². The molecular formula is C13H26N2O2. The Morgan fingerprint density at radius 2 is 1.71 bits per heavy atom. The van der Waals surface area contributed by atoms with Crippen LogP contribution in [-0.4, -0.2) is 48.7 Å². The van der Waals surface area contributed by atoms with Crippen molar-refractivity contribution in [1.82, 2.24) is 10.2 Å². The molecule has 2 N–H and O–H groups in total. The molecule has 0 unspecified atom stereocenters. The number of hydrogen-bond acceptors (Lipinski definition) is 3. The summed E-state index contributed by atoms with van der Waals surface area (Å²) in [4.78, 5) is 13.6. The van der Waals surface area contributed by atoms with E-state index in [4.69, 9.17) is 0 Å². The van der Waals surface area contributed by atoms with Crippen LogP contribution in [0.1, 0.15) is 44.9 Å². The standard InChI is InChI=1S/C13H26N2O2/c1-15(2)11-10-14-13(12(16)17)8-6-4-3-5-7-9-13/h14H,3-11H2,1-2H3,(H,16,17). The lowest BCUT2D eigenvalue weighted by Crippen LogP contribution is -2.53. The molecule has 0 aromatic carbocycles. The number of aliphatic carboxylic acids is 1. The summed E-state index contributed by atoms with van der Waals surface area (Å²) in [7, 11) is 4.01. The molecule has 0 aromatic rings. The molecule has 0 aliphatic heterocycles. The van der Waals surface area contributed by atoms with Gasteiger partial charge in [0, 0.05) is 13.1 Å². The molecule has 0 spiro atoms. The lowest BCUT2D eigenvalue weighted by Gasteiger charge is -2.33. The summed E-state index contributed by atoms with van der Waals surface area (Å²) in [5.41, 5.74) is -0.670. The van der Waals surface area contributed by atoms with E-state index in [1.54, 1.807) is 0 Å². The molecule has 0 saturated heterocycles. The van der Waals surface area contributed by atoms with Gasteiger partial charge in [-0.05, 0) is 26.9 Å². The third-order valence-electron chi connectivity index (χ3n) is 3.64. The first-order valence-corrected chi connectivity index (χ1v) is 6.70. The van der Waals surface area contributed by atoms with Gasteiger partial charge in [0.05, 0.1) is 0 Å². The minimum Gasteiger partial charge on any atom is -0.480 e. The van der Waals surface area contributed by atoms with Crippen LogP contribution >= 0.6 is 0 Å². The molecule has 1 aliphatic rings. The van der Waals surface area contributed by atoms with Gasteiger partial charge in [0.15, 0.2) is 0 Å². The number of nitrogens with one attached hydrogen (secondary N) is 1. The summed E-state index contributed by atoms with van der Waals surface area (Å²) >= 11 is 0. The quantitative estimate of drug-likeness (QED) is 0.770. The first-order valence-electron chi connectivity index (χ1n) is 6.70. The van der Waals surface area contributed by atoms with Crippen molar-refractivity contribution in [2.24, 2.45) is 0 Å². The van der Waals surface area contributed by atoms with Gasteiger partial charge in [-0.2, -0.15) is 0 Å². The molecule has 1 saturated carbocycles. The number of likely N-dealkylation sites (N-methyl/N-ethyl adjacent to an activating group) is 1. The summed E-state index contributed by atoms with van der Waals surface area (Å²) in [6.07, 6.45) is 7.20. The van der Waals surface area contributed by atoms with Crippen LogP contribution in [0, 0.1) is 0 Å². The molecule has 0 radical (unpaired) electrons. The summed E-state index contributed by atoms with van der Waals surface area (Å²) in [6.45, 7) is 1.63. The van der Waals surface area contributed by atoms with Crippen LogP contribution in [0.5, 0.6) is 0 Å². The van der Waals surface area contributed by atoms with Crippen molar-refractivity contribution in [3.8, 4) is 0 Å². The monoisotopic (exact) mass is 242 g/mol. The van der Waals surface area contributed by atoms with Crippen LogP contribution in [0.2, 0.25) is 0 Å². The highest BCUT2D eigenvalue weighted by Crippen LogP contribution is 2.26. The average Bonchev–Trinajstić information content (AvgIpc) is 2.20. The number of carboxylic acids is 1. The molecule has 1 rings (SSSR count). The second-order valence-electron chi connectivity index (χ2n) is 5.39. The Morgan fingerprint density at radius 1 is 1.18 bits per heavy atom. The first-order chi connectivity index (χ1) is 8.07. The van der Waals surface area contributed by atoms with Gasteiger partial charge in [-0.3, -0.25) is 4.79 Å². The Balaban J connectivity index is 2.55. The second kappa shape index (κ2) is 6.97. The predicted molar refractivity (Wildman–Crippen MR) is 69.2 cm³/mol. The summed E-state index contributed by atoms with van der Waals surface area (Å²) in [5.74, 6) is -0.668. The molecule has 1 aliphatic carbocycles. The predicted octanol–water partition coefficient (Wildman–Crippen LogP) is 1.71. The number of carbonyl (C=O) groups is 1. The number of nitrogens with zero attached hydrogens (tertiary/aromatic N) is 1. The van der Waals surface area contributed by atoms with Crippen LogP contribution in [-0.2, 0) is 4.79 Å². The van der Waals surface area contributed by atoms with Gasteiger partial charge in [-0.1, -0.05) is 32.1 Å². The summed E-state index contributed by atoms with van der Waals surface area (Å²) < 4.78 is 0. The van der Waals surface area contributed by atoms with Crippen LogP contribution < -0.4 is 5.32 Å². The van der Waals surface area contributed by atoms with Gasteiger partial charge in [0.2, 0.25) is 0 Å². The van der Waals surface area contributed by atoms with E-state index >= 15 is 0 Å². The largest absolute Gasteiger partial charge is 0.480 e. The van der Waals surface area contributed by atoms with E-state index in [0.29, 0.717) is 0 Å². The fourth-order valence-corrected chi connectivity index (χ4v) is 2.49. The average molecular weight is 242 g/mol.